The van der Waals surface area contributed by atoms with Crippen LogP contribution >= 0.6 is 11.3 Å². The first kappa shape index (κ1) is 32.2. The first-order valence-electron chi connectivity index (χ1n) is 18.7. The molecule has 0 N–H and O–H groups in total. The van der Waals surface area contributed by atoms with Crippen LogP contribution in [-0.4, -0.2) is 15.0 Å². The van der Waals surface area contributed by atoms with Crippen LogP contribution in [0.15, 0.2) is 192 Å². The van der Waals surface area contributed by atoms with E-state index in [2.05, 4.69) is 158 Å². The average molecular weight is 734 g/mol. The molecule has 8 aromatic carbocycles. The summed E-state index contributed by atoms with van der Waals surface area (Å²) in [6.45, 7) is 0. The minimum atomic E-state index is 0.580. The van der Waals surface area contributed by atoms with Gasteiger partial charge in [0.25, 0.3) is 0 Å². The van der Waals surface area contributed by atoms with Crippen molar-refractivity contribution in [3.8, 4) is 66.8 Å². The molecule has 0 aliphatic heterocycles. The standard InChI is InChI=1S/C51H31N3OS/c1-3-13-34-27-36(25-23-32(34)11-1)42-31-43(37-26-24-33-12-2-4-14-35(33)28-37)49(39-16-10-18-41(30-39)51-53-45-20-6-8-22-47(45)56-51)54-48(42)38-15-9-17-40(29-38)50-52-44-19-5-7-21-46(44)55-50/h1-31H. The van der Waals surface area contributed by atoms with Crippen LogP contribution in [0, 0.1) is 0 Å². The van der Waals surface area contributed by atoms with Gasteiger partial charge in [0.2, 0.25) is 5.89 Å². The number of fused-ring (bicyclic) bond motifs is 4. The van der Waals surface area contributed by atoms with E-state index in [0.717, 1.165) is 77.5 Å². The molecule has 0 fully saturated rings. The van der Waals surface area contributed by atoms with E-state index in [1.54, 1.807) is 11.3 Å². The summed E-state index contributed by atoms with van der Waals surface area (Å²) in [7, 11) is 0. The first-order valence-corrected chi connectivity index (χ1v) is 19.5. The Morgan fingerprint density at radius 2 is 0.911 bits per heavy atom. The number of pyridine rings is 1. The fourth-order valence-electron chi connectivity index (χ4n) is 7.70. The second-order valence-corrected chi connectivity index (χ2v) is 15.1. The SMILES string of the molecule is c1cc(-c2nc3ccccc3o2)cc(-c2nc(-c3cccc(-c4nc5ccccc5s4)c3)c(-c3ccc4ccccc4c3)cc2-c2ccc3ccccc3c2)c1. The first-order chi connectivity index (χ1) is 27.7. The van der Waals surface area contributed by atoms with Crippen molar-refractivity contribution in [3.63, 3.8) is 0 Å². The maximum Gasteiger partial charge on any atom is 0.227 e. The summed E-state index contributed by atoms with van der Waals surface area (Å²) in [5.41, 5.74) is 12.6. The molecule has 3 heterocycles. The van der Waals surface area contributed by atoms with Crippen LogP contribution in [-0.2, 0) is 0 Å². The molecule has 11 aromatic rings. The van der Waals surface area contributed by atoms with Gasteiger partial charge < -0.3 is 4.42 Å². The number of hydrogen-bond donors (Lipinski definition) is 0. The van der Waals surface area contributed by atoms with Gasteiger partial charge in [0.15, 0.2) is 5.58 Å². The Morgan fingerprint density at radius 1 is 0.357 bits per heavy atom. The lowest BCUT2D eigenvalue weighted by atomic mass is 9.90. The van der Waals surface area contributed by atoms with Gasteiger partial charge in [-0.15, -0.1) is 11.3 Å². The van der Waals surface area contributed by atoms with Crippen LogP contribution in [0.2, 0.25) is 0 Å². The number of aromatic nitrogens is 3. The molecule has 4 nitrogen and oxygen atoms in total. The molecule has 0 spiro atoms. The van der Waals surface area contributed by atoms with Crippen LogP contribution in [0.25, 0.3) is 110 Å². The fraction of sp³-hybridized carbons (Fsp3) is 0. The highest BCUT2D eigenvalue weighted by Crippen LogP contribution is 2.43. The van der Waals surface area contributed by atoms with Crippen LogP contribution in [0.1, 0.15) is 0 Å². The molecule has 5 heteroatoms. The lowest BCUT2D eigenvalue weighted by Gasteiger charge is -2.18. The largest absolute Gasteiger partial charge is 0.436 e. The van der Waals surface area contributed by atoms with E-state index in [1.165, 1.54) is 26.2 Å². The Labute approximate surface area is 327 Å². The van der Waals surface area contributed by atoms with Crippen molar-refractivity contribution in [2.75, 3.05) is 0 Å². The Balaban J connectivity index is 1.17. The van der Waals surface area contributed by atoms with Crippen LogP contribution in [0.3, 0.4) is 0 Å². The van der Waals surface area contributed by atoms with Crippen molar-refractivity contribution in [2.45, 2.75) is 0 Å². The fourth-order valence-corrected chi connectivity index (χ4v) is 8.66. The number of para-hydroxylation sites is 3. The minimum absolute atomic E-state index is 0.580. The number of oxazole rings is 1. The van der Waals surface area contributed by atoms with Crippen molar-refractivity contribution in [3.05, 3.63) is 188 Å². The van der Waals surface area contributed by atoms with Crippen molar-refractivity contribution in [1.82, 2.24) is 15.0 Å². The zero-order valence-corrected chi connectivity index (χ0v) is 30.9. The number of nitrogens with zero attached hydrogens (tertiary/aromatic N) is 3. The van der Waals surface area contributed by atoms with Crippen LogP contribution in [0.4, 0.5) is 0 Å². The molecule has 0 bridgehead atoms. The highest BCUT2D eigenvalue weighted by molar-refractivity contribution is 7.21. The van der Waals surface area contributed by atoms with Crippen LogP contribution in [0.5, 0.6) is 0 Å². The third-order valence-corrected chi connectivity index (χ3v) is 11.6. The van der Waals surface area contributed by atoms with Gasteiger partial charge in [0.05, 0.1) is 21.6 Å². The third kappa shape index (κ3) is 5.74. The zero-order chi connectivity index (χ0) is 37.0. The lowest BCUT2D eigenvalue weighted by molar-refractivity contribution is 0.620. The van der Waals surface area contributed by atoms with Crippen molar-refractivity contribution >= 4 is 54.2 Å². The molecular weight excluding hydrogens is 703 g/mol. The monoisotopic (exact) mass is 733 g/mol. The summed E-state index contributed by atoms with van der Waals surface area (Å²) in [5, 5.41) is 5.74. The highest BCUT2D eigenvalue weighted by atomic mass is 32.1. The molecule has 0 aliphatic carbocycles. The summed E-state index contributed by atoms with van der Waals surface area (Å²) >= 11 is 1.71. The summed E-state index contributed by atoms with van der Waals surface area (Å²) < 4.78 is 7.42. The van der Waals surface area contributed by atoms with E-state index >= 15 is 0 Å². The van der Waals surface area contributed by atoms with Gasteiger partial charge in [0, 0.05) is 33.4 Å². The third-order valence-electron chi connectivity index (χ3n) is 10.5. The second kappa shape index (κ2) is 13.3. The number of rotatable bonds is 6. The summed E-state index contributed by atoms with van der Waals surface area (Å²) in [6, 6.07) is 66.0. The van der Waals surface area contributed by atoms with Crippen LogP contribution < -0.4 is 0 Å². The Kier molecular flexibility index (Phi) is 7.64. The number of thiazole rings is 1. The smallest absolute Gasteiger partial charge is 0.227 e. The van der Waals surface area contributed by atoms with Gasteiger partial charge >= 0.3 is 0 Å². The average Bonchev–Trinajstić information content (AvgIpc) is 3.91. The van der Waals surface area contributed by atoms with Crippen molar-refractivity contribution in [1.29, 1.82) is 0 Å². The van der Waals surface area contributed by atoms with E-state index < -0.39 is 0 Å². The van der Waals surface area contributed by atoms with E-state index in [1.807, 2.05) is 30.3 Å². The van der Waals surface area contributed by atoms with Crippen molar-refractivity contribution < 1.29 is 4.42 Å². The molecule has 11 rings (SSSR count). The molecule has 0 unspecified atom stereocenters. The van der Waals surface area contributed by atoms with E-state index in [4.69, 9.17) is 19.4 Å². The number of benzene rings is 8. The van der Waals surface area contributed by atoms with E-state index in [9.17, 15) is 0 Å². The predicted octanol–water partition coefficient (Wildman–Crippen LogP) is 14.1. The van der Waals surface area contributed by atoms with Gasteiger partial charge in [-0.2, -0.15) is 0 Å². The highest BCUT2D eigenvalue weighted by Gasteiger charge is 2.20. The topological polar surface area (TPSA) is 51.8 Å². The van der Waals surface area contributed by atoms with Gasteiger partial charge in [-0.3, -0.25) is 0 Å². The maximum absolute atomic E-state index is 6.25. The maximum atomic E-state index is 6.25. The van der Waals surface area contributed by atoms with Crippen molar-refractivity contribution in [2.24, 2.45) is 0 Å². The Bertz CT molecular complexity index is 3000. The quantitative estimate of drug-likeness (QED) is 0.171. The molecule has 0 amide bonds. The molecule has 0 atom stereocenters. The number of hydrogen-bond acceptors (Lipinski definition) is 5. The normalized spacial score (nSPS) is 11.6. The summed E-state index contributed by atoms with van der Waals surface area (Å²) in [4.78, 5) is 15.6. The lowest BCUT2D eigenvalue weighted by Crippen LogP contribution is -1.98. The van der Waals surface area contributed by atoms with E-state index in [0.29, 0.717) is 5.89 Å². The van der Waals surface area contributed by atoms with Gasteiger partial charge in [0.1, 0.15) is 10.5 Å². The molecular formula is C51H31N3OS. The minimum Gasteiger partial charge on any atom is -0.436 e. The molecule has 262 valence electrons. The zero-order valence-electron chi connectivity index (χ0n) is 30.1. The van der Waals surface area contributed by atoms with Gasteiger partial charge in [-0.1, -0.05) is 127 Å². The summed E-state index contributed by atoms with van der Waals surface area (Å²) in [5.74, 6) is 0.580. The molecule has 0 radical (unpaired) electrons. The predicted molar refractivity (Wildman–Crippen MR) is 233 cm³/mol. The Hall–Kier alpha value is -7.21. The molecule has 0 saturated carbocycles. The Morgan fingerprint density at radius 3 is 1.57 bits per heavy atom. The molecule has 0 saturated heterocycles. The second-order valence-electron chi connectivity index (χ2n) is 14.0. The molecule has 3 aromatic heterocycles. The van der Waals surface area contributed by atoms with Gasteiger partial charge in [-0.05, 0) is 93.3 Å². The molecule has 56 heavy (non-hydrogen) atoms. The summed E-state index contributed by atoms with van der Waals surface area (Å²) in [6.07, 6.45) is 0. The van der Waals surface area contributed by atoms with Gasteiger partial charge in [-0.25, -0.2) is 15.0 Å². The molecule has 0 aliphatic rings. The van der Waals surface area contributed by atoms with E-state index in [-0.39, 0.29) is 0 Å².